The van der Waals surface area contributed by atoms with Crippen molar-refractivity contribution in [3.63, 3.8) is 0 Å². The highest BCUT2D eigenvalue weighted by Crippen LogP contribution is 2.43. The lowest BCUT2D eigenvalue weighted by Gasteiger charge is -2.31. The average Bonchev–Trinajstić information content (AvgIpc) is 3.31. The first-order valence-electron chi connectivity index (χ1n) is 12.0. The van der Waals surface area contributed by atoms with Gasteiger partial charge in [-0.05, 0) is 57.6 Å². The molecule has 2 amide bonds. The number of aromatic nitrogens is 1. The van der Waals surface area contributed by atoms with Crippen LogP contribution in [0.3, 0.4) is 0 Å². The highest BCUT2D eigenvalue weighted by atomic mass is 16.2. The Morgan fingerprint density at radius 3 is 2.58 bits per heavy atom. The van der Waals surface area contributed by atoms with E-state index in [0.29, 0.717) is 12.1 Å². The molecule has 0 spiro atoms. The Hall–Kier alpha value is -3.12. The van der Waals surface area contributed by atoms with Gasteiger partial charge < -0.3 is 20.1 Å². The second-order valence-corrected chi connectivity index (χ2v) is 8.76. The van der Waals surface area contributed by atoms with Gasteiger partial charge in [0.2, 0.25) is 5.91 Å². The van der Waals surface area contributed by atoms with Gasteiger partial charge in [0.15, 0.2) is 0 Å². The van der Waals surface area contributed by atoms with Crippen molar-refractivity contribution < 1.29 is 9.59 Å². The number of carbonyl (C=O) groups excluding carboxylic acids is 2. The number of amides is 2. The van der Waals surface area contributed by atoms with Crippen molar-refractivity contribution in [1.29, 1.82) is 0 Å². The van der Waals surface area contributed by atoms with Crippen LogP contribution in [0.4, 0.5) is 0 Å². The average molecular weight is 447 g/mol. The van der Waals surface area contributed by atoms with Gasteiger partial charge in [-0.1, -0.05) is 50.2 Å². The maximum absolute atomic E-state index is 13.5. The Bertz CT molecular complexity index is 1150. The largest absolute Gasteiger partial charge is 0.358 e. The molecule has 0 fully saturated rings. The van der Waals surface area contributed by atoms with Crippen LogP contribution in [0.25, 0.3) is 10.9 Å². The van der Waals surface area contributed by atoms with Crippen molar-refractivity contribution in [2.24, 2.45) is 0 Å². The highest BCUT2D eigenvalue weighted by molar-refractivity contribution is 6.03. The number of benzene rings is 2. The molecule has 0 radical (unpaired) electrons. The summed E-state index contributed by atoms with van der Waals surface area (Å²) in [6, 6.07) is 15.0. The number of rotatable bonds is 9. The molecule has 2 heterocycles. The summed E-state index contributed by atoms with van der Waals surface area (Å²) < 4.78 is 0. The number of nitrogens with one attached hydrogen (secondary N) is 2. The molecule has 6 nitrogen and oxygen atoms in total. The molecule has 3 aromatic rings. The maximum Gasteiger partial charge on any atom is 0.255 e. The molecule has 2 atom stereocenters. The van der Waals surface area contributed by atoms with Gasteiger partial charge in [-0.2, -0.15) is 0 Å². The van der Waals surface area contributed by atoms with Crippen molar-refractivity contribution in [2.75, 3.05) is 26.2 Å². The molecule has 1 aliphatic heterocycles. The number of nitrogens with zero attached hydrogens (tertiary/aromatic N) is 2. The third kappa shape index (κ3) is 4.27. The van der Waals surface area contributed by atoms with Crippen LogP contribution in [0.15, 0.2) is 48.5 Å². The minimum atomic E-state index is -0.587. The third-order valence-electron chi connectivity index (χ3n) is 6.86. The number of aryl methyl sites for hydroxylation is 1. The predicted octanol–water partition coefficient (Wildman–Crippen LogP) is 4.26. The first-order chi connectivity index (χ1) is 16.0. The molecule has 0 aliphatic carbocycles. The lowest BCUT2D eigenvalue weighted by Crippen LogP contribution is -2.47. The van der Waals surface area contributed by atoms with E-state index in [4.69, 9.17) is 0 Å². The standard InChI is InChI=1S/C27H34N4O2/c1-5-30(6-2)17-11-16-28-26(32)19(4)31-25(20-12-7-8-13-21(20)27(31)33)24-18(3)29-23-15-10-9-14-22(23)24/h7-10,12-15,19,25,29H,5-6,11,16-17H2,1-4H3,(H,28,32). The number of aromatic amines is 1. The summed E-state index contributed by atoms with van der Waals surface area (Å²) >= 11 is 0. The fourth-order valence-electron chi connectivity index (χ4n) is 5.01. The molecular weight excluding hydrogens is 412 g/mol. The van der Waals surface area contributed by atoms with Gasteiger partial charge in [0.1, 0.15) is 6.04 Å². The van der Waals surface area contributed by atoms with Crippen LogP contribution < -0.4 is 5.32 Å². The van der Waals surface area contributed by atoms with E-state index >= 15 is 0 Å². The van der Waals surface area contributed by atoms with Crippen molar-refractivity contribution in [3.05, 3.63) is 70.9 Å². The van der Waals surface area contributed by atoms with E-state index in [0.717, 1.165) is 53.8 Å². The lowest BCUT2D eigenvalue weighted by atomic mass is 9.95. The maximum atomic E-state index is 13.5. The molecule has 0 bridgehead atoms. The number of para-hydroxylation sites is 1. The second-order valence-electron chi connectivity index (χ2n) is 8.76. The van der Waals surface area contributed by atoms with Gasteiger partial charge in [0.25, 0.3) is 5.91 Å². The van der Waals surface area contributed by atoms with Crippen molar-refractivity contribution in [3.8, 4) is 0 Å². The van der Waals surface area contributed by atoms with E-state index < -0.39 is 6.04 Å². The van der Waals surface area contributed by atoms with Gasteiger partial charge in [0, 0.05) is 34.3 Å². The SMILES string of the molecule is CCN(CC)CCCNC(=O)C(C)N1C(=O)c2ccccc2C1c1c(C)[nH]c2ccccc12. The van der Waals surface area contributed by atoms with Crippen LogP contribution >= 0.6 is 0 Å². The first kappa shape index (κ1) is 23.1. The molecule has 2 unspecified atom stereocenters. The normalized spacial score (nSPS) is 16.5. The molecule has 0 saturated heterocycles. The first-order valence-corrected chi connectivity index (χ1v) is 12.0. The Morgan fingerprint density at radius 2 is 1.82 bits per heavy atom. The summed E-state index contributed by atoms with van der Waals surface area (Å²) in [6.45, 7) is 11.7. The molecular formula is C27H34N4O2. The molecule has 33 heavy (non-hydrogen) atoms. The van der Waals surface area contributed by atoms with Gasteiger partial charge >= 0.3 is 0 Å². The summed E-state index contributed by atoms with van der Waals surface area (Å²) in [5.41, 5.74) is 4.74. The molecule has 2 aromatic carbocycles. The third-order valence-corrected chi connectivity index (χ3v) is 6.86. The zero-order chi connectivity index (χ0) is 23.5. The van der Waals surface area contributed by atoms with Crippen LogP contribution in [0.5, 0.6) is 0 Å². The topological polar surface area (TPSA) is 68.4 Å². The van der Waals surface area contributed by atoms with E-state index in [1.807, 2.05) is 56.3 Å². The van der Waals surface area contributed by atoms with Crippen LogP contribution in [-0.4, -0.2) is 58.8 Å². The van der Waals surface area contributed by atoms with Crippen LogP contribution in [-0.2, 0) is 4.79 Å². The zero-order valence-electron chi connectivity index (χ0n) is 20.0. The second kappa shape index (κ2) is 9.79. The molecule has 0 saturated carbocycles. The molecule has 4 rings (SSSR count). The summed E-state index contributed by atoms with van der Waals surface area (Å²) in [6.07, 6.45) is 0.888. The van der Waals surface area contributed by atoms with E-state index in [2.05, 4.69) is 35.1 Å². The number of carbonyl (C=O) groups is 2. The molecule has 1 aromatic heterocycles. The number of hydrogen-bond donors (Lipinski definition) is 2. The summed E-state index contributed by atoms with van der Waals surface area (Å²) in [5, 5.41) is 4.15. The molecule has 2 N–H and O–H groups in total. The van der Waals surface area contributed by atoms with Crippen LogP contribution in [0.1, 0.15) is 60.4 Å². The van der Waals surface area contributed by atoms with Gasteiger partial charge in [-0.25, -0.2) is 0 Å². The van der Waals surface area contributed by atoms with Gasteiger partial charge in [0.05, 0.1) is 6.04 Å². The minimum absolute atomic E-state index is 0.0916. The van der Waals surface area contributed by atoms with E-state index in [9.17, 15) is 9.59 Å². The number of hydrogen-bond acceptors (Lipinski definition) is 3. The van der Waals surface area contributed by atoms with Gasteiger partial charge in [-0.15, -0.1) is 0 Å². The smallest absolute Gasteiger partial charge is 0.255 e. The lowest BCUT2D eigenvalue weighted by molar-refractivity contribution is -0.125. The van der Waals surface area contributed by atoms with Crippen LogP contribution in [0, 0.1) is 6.92 Å². The Labute approximate surface area is 196 Å². The van der Waals surface area contributed by atoms with Gasteiger partial charge in [-0.3, -0.25) is 9.59 Å². The predicted molar refractivity (Wildman–Crippen MR) is 132 cm³/mol. The molecule has 174 valence electrons. The molecule has 6 heteroatoms. The summed E-state index contributed by atoms with van der Waals surface area (Å²) in [7, 11) is 0. The fraction of sp³-hybridized carbons (Fsp3) is 0.407. The van der Waals surface area contributed by atoms with E-state index in [1.165, 1.54) is 0 Å². The van der Waals surface area contributed by atoms with Crippen molar-refractivity contribution in [1.82, 2.24) is 20.1 Å². The minimum Gasteiger partial charge on any atom is -0.358 e. The Morgan fingerprint density at radius 1 is 1.12 bits per heavy atom. The number of fused-ring (bicyclic) bond motifs is 2. The zero-order valence-corrected chi connectivity index (χ0v) is 20.0. The fourth-order valence-corrected chi connectivity index (χ4v) is 5.01. The summed E-state index contributed by atoms with van der Waals surface area (Å²) in [4.78, 5) is 34.2. The highest BCUT2D eigenvalue weighted by Gasteiger charge is 2.43. The quantitative estimate of drug-likeness (QED) is 0.483. The van der Waals surface area contributed by atoms with Crippen LogP contribution in [0.2, 0.25) is 0 Å². The van der Waals surface area contributed by atoms with Crippen molar-refractivity contribution >= 4 is 22.7 Å². The van der Waals surface area contributed by atoms with Crippen molar-refractivity contribution in [2.45, 2.75) is 46.2 Å². The van der Waals surface area contributed by atoms with E-state index in [1.54, 1.807) is 4.90 Å². The summed E-state index contributed by atoms with van der Waals surface area (Å²) in [5.74, 6) is -0.204. The van der Waals surface area contributed by atoms with E-state index in [-0.39, 0.29) is 17.9 Å². The number of H-pyrrole nitrogens is 1. The monoisotopic (exact) mass is 446 g/mol. The molecule has 1 aliphatic rings. The Balaban J connectivity index is 1.62. The Kier molecular flexibility index (Phi) is 6.84.